The van der Waals surface area contributed by atoms with E-state index in [0.29, 0.717) is 18.1 Å². The molecule has 2 N–H and O–H groups in total. The Morgan fingerprint density at radius 2 is 2.08 bits per heavy atom. The summed E-state index contributed by atoms with van der Waals surface area (Å²) in [5.41, 5.74) is 7.72. The van der Waals surface area contributed by atoms with Crippen molar-refractivity contribution in [1.82, 2.24) is 0 Å². The van der Waals surface area contributed by atoms with Crippen molar-refractivity contribution in [3.8, 4) is 0 Å². The second kappa shape index (κ2) is 5.14. The smallest absolute Gasteiger partial charge is 0.0485 e. The summed E-state index contributed by atoms with van der Waals surface area (Å²) in [5.74, 6) is 1.36. The summed E-state index contributed by atoms with van der Waals surface area (Å²) in [6, 6.07) is 7.96. The summed E-state index contributed by atoms with van der Waals surface area (Å²) >= 11 is 0. The van der Waals surface area contributed by atoms with Crippen molar-refractivity contribution in [1.29, 1.82) is 0 Å². The average Bonchev–Trinajstić information content (AvgIpc) is 2.18. The van der Waals surface area contributed by atoms with E-state index >= 15 is 0 Å². The molecule has 1 unspecified atom stereocenters. The molecule has 2 nitrogen and oxygen atoms in total. The number of rotatable bonds is 4. The van der Waals surface area contributed by atoms with Gasteiger partial charge in [-0.15, -0.1) is 0 Å². The van der Waals surface area contributed by atoms with Crippen LogP contribution in [0.2, 0.25) is 0 Å². The van der Waals surface area contributed by atoms with Crippen LogP contribution >= 0.6 is 0 Å². The highest BCUT2D eigenvalue weighted by Gasteiger charge is 1.99. The van der Waals surface area contributed by atoms with Gasteiger partial charge in [0.05, 0.1) is 0 Å². The lowest BCUT2D eigenvalue weighted by atomic mass is 10.1. The Hall–Kier alpha value is -0.670. The minimum Gasteiger partial charge on any atom is -0.326 e. The zero-order valence-corrected chi connectivity index (χ0v) is 8.64. The molecule has 1 aromatic rings. The minimum atomic E-state index is -0.729. The number of hydrogen-bond acceptors (Lipinski definition) is 2. The van der Waals surface area contributed by atoms with Crippen LogP contribution in [0.15, 0.2) is 24.3 Å². The Labute approximate surface area is 81.6 Å². The van der Waals surface area contributed by atoms with Gasteiger partial charge in [0.1, 0.15) is 0 Å². The Morgan fingerprint density at radius 1 is 1.38 bits per heavy atom. The van der Waals surface area contributed by atoms with Crippen LogP contribution in [0.25, 0.3) is 0 Å². The van der Waals surface area contributed by atoms with E-state index in [-0.39, 0.29) is 0 Å². The Balaban J connectivity index is 2.71. The van der Waals surface area contributed by atoms with Crippen LogP contribution in [-0.4, -0.2) is 9.96 Å². The molecule has 1 rings (SSSR count). The van der Waals surface area contributed by atoms with E-state index in [0.717, 1.165) is 11.1 Å². The van der Waals surface area contributed by atoms with E-state index < -0.39 is 10.8 Å². The molecule has 0 aliphatic heterocycles. The number of benzene rings is 1. The molecule has 0 aromatic heterocycles. The molecule has 0 saturated carbocycles. The van der Waals surface area contributed by atoms with Gasteiger partial charge in [0, 0.05) is 28.9 Å². The lowest BCUT2D eigenvalue weighted by molar-refractivity contribution is 0.683. The third kappa shape index (κ3) is 3.28. The zero-order valence-electron chi connectivity index (χ0n) is 7.82. The fourth-order valence-corrected chi connectivity index (χ4v) is 1.89. The van der Waals surface area contributed by atoms with Crippen molar-refractivity contribution >= 4 is 10.8 Å². The fourth-order valence-electron chi connectivity index (χ4n) is 1.13. The SMILES string of the molecule is CCS(=O)Cc1cccc(CN)c1. The number of nitrogens with two attached hydrogens (primary N) is 1. The highest BCUT2D eigenvalue weighted by molar-refractivity contribution is 7.84. The molecule has 0 saturated heterocycles. The molecule has 0 spiro atoms. The summed E-state index contributed by atoms with van der Waals surface area (Å²) in [5, 5.41) is 0. The summed E-state index contributed by atoms with van der Waals surface area (Å²) in [7, 11) is -0.729. The quantitative estimate of drug-likeness (QED) is 0.793. The first-order valence-electron chi connectivity index (χ1n) is 4.39. The highest BCUT2D eigenvalue weighted by Crippen LogP contribution is 2.07. The van der Waals surface area contributed by atoms with Crippen LogP contribution < -0.4 is 5.73 Å². The lowest BCUT2D eigenvalue weighted by Gasteiger charge is -2.02. The van der Waals surface area contributed by atoms with Crippen LogP contribution in [-0.2, 0) is 23.1 Å². The van der Waals surface area contributed by atoms with Gasteiger partial charge in [-0.25, -0.2) is 0 Å². The van der Waals surface area contributed by atoms with E-state index in [1.54, 1.807) is 0 Å². The van der Waals surface area contributed by atoms with Gasteiger partial charge in [0.2, 0.25) is 0 Å². The monoisotopic (exact) mass is 197 g/mol. The molecule has 72 valence electrons. The minimum absolute atomic E-state index is 0.548. The van der Waals surface area contributed by atoms with Crippen molar-refractivity contribution in [2.24, 2.45) is 5.73 Å². The number of hydrogen-bond donors (Lipinski definition) is 1. The predicted molar refractivity (Wildman–Crippen MR) is 56.7 cm³/mol. The van der Waals surface area contributed by atoms with Crippen LogP contribution in [0.5, 0.6) is 0 Å². The van der Waals surface area contributed by atoms with E-state index in [1.807, 2.05) is 31.2 Å². The molecule has 1 aromatic carbocycles. The van der Waals surface area contributed by atoms with Crippen LogP contribution in [0.4, 0.5) is 0 Å². The topological polar surface area (TPSA) is 43.1 Å². The molecular formula is C10H15NOS. The summed E-state index contributed by atoms with van der Waals surface area (Å²) in [6.07, 6.45) is 0. The molecule has 3 heteroatoms. The molecule has 0 aliphatic rings. The molecule has 1 atom stereocenters. The van der Waals surface area contributed by atoms with E-state index in [9.17, 15) is 4.21 Å². The first kappa shape index (κ1) is 10.4. The molecule has 0 heterocycles. The van der Waals surface area contributed by atoms with Crippen LogP contribution in [0.3, 0.4) is 0 Å². The van der Waals surface area contributed by atoms with Gasteiger partial charge < -0.3 is 5.73 Å². The molecule has 0 bridgehead atoms. The maximum atomic E-state index is 11.3. The van der Waals surface area contributed by atoms with Gasteiger partial charge in [-0.05, 0) is 11.1 Å². The Morgan fingerprint density at radius 3 is 2.69 bits per heavy atom. The predicted octanol–water partition coefficient (Wildman–Crippen LogP) is 1.41. The zero-order chi connectivity index (χ0) is 9.68. The van der Waals surface area contributed by atoms with Gasteiger partial charge in [0.15, 0.2) is 0 Å². The van der Waals surface area contributed by atoms with Gasteiger partial charge in [-0.2, -0.15) is 0 Å². The summed E-state index contributed by atoms with van der Waals surface area (Å²) in [6.45, 7) is 2.48. The third-order valence-corrected chi connectivity index (χ3v) is 3.18. The van der Waals surface area contributed by atoms with Crippen molar-refractivity contribution in [2.45, 2.75) is 19.2 Å². The molecule has 13 heavy (non-hydrogen) atoms. The maximum absolute atomic E-state index is 11.3. The van der Waals surface area contributed by atoms with Crippen molar-refractivity contribution < 1.29 is 4.21 Å². The summed E-state index contributed by atoms with van der Waals surface area (Å²) < 4.78 is 11.3. The average molecular weight is 197 g/mol. The first-order chi connectivity index (χ1) is 6.26. The van der Waals surface area contributed by atoms with E-state index in [2.05, 4.69) is 0 Å². The van der Waals surface area contributed by atoms with Gasteiger partial charge in [-0.3, -0.25) is 4.21 Å². The van der Waals surface area contributed by atoms with E-state index in [4.69, 9.17) is 5.73 Å². The van der Waals surface area contributed by atoms with Crippen LogP contribution in [0.1, 0.15) is 18.1 Å². The second-order valence-electron chi connectivity index (χ2n) is 2.90. The fraction of sp³-hybridized carbons (Fsp3) is 0.400. The standard InChI is InChI=1S/C10H15NOS/c1-2-13(12)8-10-5-3-4-9(6-10)7-11/h3-6H,2,7-8,11H2,1H3. The molecule has 0 amide bonds. The van der Waals surface area contributed by atoms with Crippen molar-refractivity contribution in [3.63, 3.8) is 0 Å². The van der Waals surface area contributed by atoms with Crippen molar-refractivity contribution in [3.05, 3.63) is 35.4 Å². The molecule has 0 aliphatic carbocycles. The van der Waals surface area contributed by atoms with E-state index in [1.165, 1.54) is 0 Å². The summed E-state index contributed by atoms with van der Waals surface area (Å²) in [4.78, 5) is 0. The van der Waals surface area contributed by atoms with Gasteiger partial charge in [0.25, 0.3) is 0 Å². The maximum Gasteiger partial charge on any atom is 0.0485 e. The molecule has 0 fully saturated rings. The van der Waals surface area contributed by atoms with Crippen molar-refractivity contribution in [2.75, 3.05) is 5.75 Å². The second-order valence-corrected chi connectivity index (χ2v) is 4.64. The lowest BCUT2D eigenvalue weighted by Crippen LogP contribution is -2.00. The third-order valence-electron chi connectivity index (χ3n) is 1.88. The normalized spacial score (nSPS) is 12.8. The Bertz CT molecular complexity index is 299. The van der Waals surface area contributed by atoms with Crippen LogP contribution in [0, 0.1) is 0 Å². The van der Waals surface area contributed by atoms with Gasteiger partial charge in [-0.1, -0.05) is 31.2 Å². The van der Waals surface area contributed by atoms with Gasteiger partial charge >= 0.3 is 0 Å². The molecule has 0 radical (unpaired) electrons. The molecular weight excluding hydrogens is 182 g/mol. The first-order valence-corrected chi connectivity index (χ1v) is 5.88. The largest absolute Gasteiger partial charge is 0.326 e. The highest BCUT2D eigenvalue weighted by atomic mass is 32.2. The Kier molecular flexibility index (Phi) is 4.12.